The lowest BCUT2D eigenvalue weighted by molar-refractivity contribution is -0.136. The number of rotatable bonds is 6. The molecule has 0 aromatic heterocycles. The monoisotopic (exact) mass is 371 g/mol. The van der Waals surface area contributed by atoms with Crippen LogP contribution in [0.3, 0.4) is 0 Å². The number of carboxylic acid groups (broad SMARTS) is 1. The Morgan fingerprint density at radius 1 is 0.929 bits per heavy atom. The lowest BCUT2D eigenvalue weighted by atomic mass is 9.71. The van der Waals surface area contributed by atoms with Crippen LogP contribution in [0.15, 0.2) is 78.9 Å². The Balaban J connectivity index is 1.67. The molecular formula is C25H25NO2. The standard InChI is InChI=1S/C25H25NO2/c27-24(28)17-26-16-22-12-11-21-15-20(18-7-3-1-4-8-18)13-14-23(21)25(22)19-9-5-2-6-10-19/h1-10,13-15,22,25-26H,11-12,16-17H2,(H,27,28). The number of carboxylic acids is 1. The fourth-order valence-electron chi connectivity index (χ4n) is 4.39. The molecule has 4 rings (SSSR count). The van der Waals surface area contributed by atoms with Gasteiger partial charge in [-0.05, 0) is 53.1 Å². The molecule has 3 nitrogen and oxygen atoms in total. The summed E-state index contributed by atoms with van der Waals surface area (Å²) < 4.78 is 0. The van der Waals surface area contributed by atoms with E-state index in [0.29, 0.717) is 12.5 Å². The zero-order valence-corrected chi connectivity index (χ0v) is 15.8. The molecule has 1 aliphatic rings. The Bertz CT molecular complexity index is 937. The second-order valence-corrected chi connectivity index (χ2v) is 7.49. The fraction of sp³-hybridized carbons (Fsp3) is 0.240. The number of hydrogen-bond acceptors (Lipinski definition) is 2. The SMILES string of the molecule is O=C(O)CNCC1CCc2cc(-c3ccccc3)ccc2C1c1ccccc1. The quantitative estimate of drug-likeness (QED) is 0.659. The molecule has 0 saturated heterocycles. The molecule has 0 radical (unpaired) electrons. The number of nitrogens with one attached hydrogen (secondary N) is 1. The summed E-state index contributed by atoms with van der Waals surface area (Å²) in [4.78, 5) is 10.9. The lowest BCUT2D eigenvalue weighted by Crippen LogP contribution is -2.34. The van der Waals surface area contributed by atoms with E-state index < -0.39 is 5.97 Å². The first kappa shape index (κ1) is 18.5. The summed E-state index contributed by atoms with van der Waals surface area (Å²) in [6.07, 6.45) is 2.08. The van der Waals surface area contributed by atoms with Gasteiger partial charge in [-0.25, -0.2) is 0 Å². The molecule has 142 valence electrons. The van der Waals surface area contributed by atoms with E-state index in [9.17, 15) is 4.79 Å². The molecule has 2 N–H and O–H groups in total. The van der Waals surface area contributed by atoms with E-state index in [1.165, 1.54) is 27.8 Å². The van der Waals surface area contributed by atoms with Crippen LogP contribution in [-0.4, -0.2) is 24.2 Å². The van der Waals surface area contributed by atoms with Crippen molar-refractivity contribution in [3.05, 3.63) is 95.6 Å². The lowest BCUT2D eigenvalue weighted by Gasteiger charge is -2.34. The Morgan fingerprint density at radius 2 is 1.64 bits per heavy atom. The molecule has 3 aromatic carbocycles. The maximum atomic E-state index is 10.9. The van der Waals surface area contributed by atoms with Gasteiger partial charge in [-0.2, -0.15) is 0 Å². The average Bonchev–Trinajstić information content (AvgIpc) is 2.74. The van der Waals surface area contributed by atoms with Gasteiger partial charge in [-0.15, -0.1) is 0 Å². The van der Waals surface area contributed by atoms with E-state index in [4.69, 9.17) is 5.11 Å². The summed E-state index contributed by atoms with van der Waals surface area (Å²) >= 11 is 0. The normalized spacial score (nSPS) is 18.4. The third-order valence-electron chi connectivity index (χ3n) is 5.68. The molecule has 28 heavy (non-hydrogen) atoms. The van der Waals surface area contributed by atoms with Gasteiger partial charge < -0.3 is 10.4 Å². The van der Waals surface area contributed by atoms with Crippen LogP contribution < -0.4 is 5.32 Å². The molecular weight excluding hydrogens is 346 g/mol. The van der Waals surface area contributed by atoms with Gasteiger partial charge in [0.15, 0.2) is 0 Å². The van der Waals surface area contributed by atoms with Crippen molar-refractivity contribution in [3.63, 3.8) is 0 Å². The average molecular weight is 371 g/mol. The molecule has 0 fully saturated rings. The summed E-state index contributed by atoms with van der Waals surface area (Å²) in [5, 5.41) is 12.1. The van der Waals surface area contributed by atoms with Gasteiger partial charge in [0.05, 0.1) is 6.54 Å². The van der Waals surface area contributed by atoms with Crippen molar-refractivity contribution in [2.24, 2.45) is 5.92 Å². The van der Waals surface area contributed by atoms with Crippen molar-refractivity contribution >= 4 is 5.97 Å². The third kappa shape index (κ3) is 4.00. The van der Waals surface area contributed by atoms with Crippen molar-refractivity contribution < 1.29 is 9.90 Å². The summed E-state index contributed by atoms with van der Waals surface area (Å²) in [5.74, 6) is -0.132. The number of benzene rings is 3. The van der Waals surface area contributed by atoms with E-state index in [-0.39, 0.29) is 12.5 Å². The van der Waals surface area contributed by atoms with Gasteiger partial charge in [-0.1, -0.05) is 78.9 Å². The van der Waals surface area contributed by atoms with Crippen molar-refractivity contribution in [1.82, 2.24) is 5.32 Å². The van der Waals surface area contributed by atoms with Crippen molar-refractivity contribution in [1.29, 1.82) is 0 Å². The molecule has 2 unspecified atom stereocenters. The van der Waals surface area contributed by atoms with E-state index in [0.717, 1.165) is 12.8 Å². The van der Waals surface area contributed by atoms with Crippen molar-refractivity contribution in [3.8, 4) is 11.1 Å². The summed E-state index contributed by atoms with van der Waals surface area (Å²) in [7, 11) is 0. The molecule has 1 aliphatic carbocycles. The second-order valence-electron chi connectivity index (χ2n) is 7.49. The Hall–Kier alpha value is -2.91. The van der Waals surface area contributed by atoms with Crippen LogP contribution in [0.2, 0.25) is 0 Å². The first-order chi connectivity index (χ1) is 13.7. The molecule has 0 heterocycles. The number of hydrogen-bond donors (Lipinski definition) is 2. The van der Waals surface area contributed by atoms with Gasteiger partial charge in [-0.3, -0.25) is 4.79 Å². The number of fused-ring (bicyclic) bond motifs is 1. The zero-order chi connectivity index (χ0) is 19.3. The van der Waals surface area contributed by atoms with Crippen LogP contribution in [0.4, 0.5) is 0 Å². The summed E-state index contributed by atoms with van der Waals surface area (Å²) in [5.41, 5.74) is 6.59. The highest BCUT2D eigenvalue weighted by atomic mass is 16.4. The fourth-order valence-corrected chi connectivity index (χ4v) is 4.39. The van der Waals surface area contributed by atoms with Crippen molar-refractivity contribution in [2.45, 2.75) is 18.8 Å². The third-order valence-corrected chi connectivity index (χ3v) is 5.68. The Morgan fingerprint density at radius 3 is 2.36 bits per heavy atom. The van der Waals surface area contributed by atoms with Crippen molar-refractivity contribution in [2.75, 3.05) is 13.1 Å². The van der Waals surface area contributed by atoms with E-state index in [1.807, 2.05) is 12.1 Å². The predicted octanol–water partition coefficient (Wildman–Crippen LogP) is 4.72. The van der Waals surface area contributed by atoms with E-state index in [1.54, 1.807) is 0 Å². The van der Waals surface area contributed by atoms with Gasteiger partial charge in [0, 0.05) is 5.92 Å². The highest BCUT2D eigenvalue weighted by molar-refractivity contribution is 5.69. The molecule has 3 heteroatoms. The minimum Gasteiger partial charge on any atom is -0.480 e. The molecule has 2 atom stereocenters. The molecule has 0 amide bonds. The van der Waals surface area contributed by atoms with E-state index >= 15 is 0 Å². The van der Waals surface area contributed by atoms with Crippen LogP contribution in [0, 0.1) is 5.92 Å². The largest absolute Gasteiger partial charge is 0.480 e. The molecule has 0 saturated carbocycles. The summed E-state index contributed by atoms with van der Waals surface area (Å²) in [6.45, 7) is 0.726. The first-order valence-electron chi connectivity index (χ1n) is 9.88. The Labute approximate surface area is 166 Å². The summed E-state index contributed by atoms with van der Waals surface area (Å²) in [6, 6.07) is 27.9. The van der Waals surface area contributed by atoms with Crippen LogP contribution in [0.1, 0.15) is 29.0 Å². The van der Waals surface area contributed by atoms with Gasteiger partial charge in [0.25, 0.3) is 0 Å². The van der Waals surface area contributed by atoms with Gasteiger partial charge in [0.1, 0.15) is 0 Å². The minimum atomic E-state index is -0.806. The first-order valence-corrected chi connectivity index (χ1v) is 9.88. The second kappa shape index (κ2) is 8.41. The van der Waals surface area contributed by atoms with Gasteiger partial charge >= 0.3 is 5.97 Å². The molecule has 0 bridgehead atoms. The number of aryl methyl sites for hydroxylation is 1. The smallest absolute Gasteiger partial charge is 0.317 e. The predicted molar refractivity (Wildman–Crippen MR) is 112 cm³/mol. The maximum absolute atomic E-state index is 10.9. The number of aliphatic carboxylic acids is 1. The highest BCUT2D eigenvalue weighted by Crippen LogP contribution is 2.41. The van der Waals surface area contributed by atoms with Crippen LogP contribution in [0.5, 0.6) is 0 Å². The number of carbonyl (C=O) groups is 1. The van der Waals surface area contributed by atoms with Gasteiger partial charge in [0.2, 0.25) is 0 Å². The molecule has 0 spiro atoms. The highest BCUT2D eigenvalue weighted by Gasteiger charge is 2.30. The minimum absolute atomic E-state index is 0.0117. The van der Waals surface area contributed by atoms with Crippen LogP contribution in [0.25, 0.3) is 11.1 Å². The van der Waals surface area contributed by atoms with E-state index in [2.05, 4.69) is 72.0 Å². The molecule has 3 aromatic rings. The van der Waals surface area contributed by atoms with Crippen LogP contribution in [-0.2, 0) is 11.2 Å². The van der Waals surface area contributed by atoms with Crippen LogP contribution >= 0.6 is 0 Å². The zero-order valence-electron chi connectivity index (χ0n) is 15.8. The molecule has 0 aliphatic heterocycles. The maximum Gasteiger partial charge on any atom is 0.317 e. The topological polar surface area (TPSA) is 49.3 Å². The Kier molecular flexibility index (Phi) is 5.54.